The summed E-state index contributed by atoms with van der Waals surface area (Å²) in [5, 5.41) is 15.2. The largest absolute Gasteiger partial charge is 0.271 e. The number of anilines is 1. The number of carbonyl (C=O) groups excluding carboxylic acids is 1. The van der Waals surface area contributed by atoms with E-state index in [1.807, 2.05) is 0 Å². The Bertz CT molecular complexity index is 1280. The van der Waals surface area contributed by atoms with E-state index >= 15 is 0 Å². The minimum absolute atomic E-state index is 0.0262. The maximum absolute atomic E-state index is 13.2. The van der Waals surface area contributed by atoms with Gasteiger partial charge in [0.25, 0.3) is 21.6 Å². The predicted octanol–water partition coefficient (Wildman–Crippen LogP) is 3.98. The molecule has 3 aromatic rings. The number of nitrogens with zero attached hydrogens (tertiary/aromatic N) is 3. The Morgan fingerprint density at radius 3 is 2.21 bits per heavy atom. The molecule has 0 aliphatic heterocycles. The average Bonchev–Trinajstić information content (AvgIpc) is 2.82. The summed E-state index contributed by atoms with van der Waals surface area (Å²) in [6.07, 6.45) is 0. The lowest BCUT2D eigenvalue weighted by Crippen LogP contribution is -2.39. The first-order valence-corrected chi connectivity index (χ1v) is 11.4. The zero-order valence-electron chi connectivity index (χ0n) is 17.4. The molecule has 33 heavy (non-hydrogen) atoms. The highest BCUT2D eigenvalue weighted by Gasteiger charge is 2.27. The fourth-order valence-electron chi connectivity index (χ4n) is 2.84. The van der Waals surface area contributed by atoms with Crippen LogP contribution in [-0.2, 0) is 14.8 Å². The number of halogens is 1. The lowest BCUT2D eigenvalue weighted by Gasteiger charge is -2.23. The first kappa shape index (κ1) is 23.9. The quantitative estimate of drug-likeness (QED) is 0.293. The van der Waals surface area contributed by atoms with Gasteiger partial charge in [-0.25, -0.2) is 13.8 Å². The van der Waals surface area contributed by atoms with Crippen molar-refractivity contribution in [1.29, 1.82) is 0 Å². The number of hydrazone groups is 1. The Kier molecular flexibility index (Phi) is 7.41. The molecule has 11 heteroatoms. The van der Waals surface area contributed by atoms with Crippen LogP contribution < -0.4 is 9.73 Å². The number of rotatable bonds is 8. The SMILES string of the molecule is C/C(=N/NC(=O)CN(c1ccc(Cl)cc1)S(=O)(=O)c1ccccc1)c1ccc([N+](=O)[O-])cc1. The Morgan fingerprint density at radius 2 is 1.64 bits per heavy atom. The van der Waals surface area contributed by atoms with E-state index in [9.17, 15) is 23.3 Å². The van der Waals surface area contributed by atoms with E-state index in [1.165, 1.54) is 60.7 Å². The van der Waals surface area contributed by atoms with Gasteiger partial charge in [0.2, 0.25) is 0 Å². The second kappa shape index (κ2) is 10.2. The summed E-state index contributed by atoms with van der Waals surface area (Å²) in [6.45, 7) is 1.08. The Morgan fingerprint density at radius 1 is 1.03 bits per heavy atom. The molecule has 0 fully saturated rings. The molecule has 3 rings (SSSR count). The van der Waals surface area contributed by atoms with Crippen LogP contribution in [0.5, 0.6) is 0 Å². The third-order valence-corrected chi connectivity index (χ3v) is 6.62. The van der Waals surface area contributed by atoms with Gasteiger partial charge in [-0.15, -0.1) is 0 Å². The number of carbonyl (C=O) groups is 1. The molecule has 0 aliphatic carbocycles. The monoisotopic (exact) mass is 486 g/mol. The number of sulfonamides is 1. The molecule has 170 valence electrons. The van der Waals surface area contributed by atoms with Crippen LogP contribution in [0, 0.1) is 10.1 Å². The third kappa shape index (κ3) is 5.93. The van der Waals surface area contributed by atoms with Gasteiger partial charge in [0.1, 0.15) is 6.54 Å². The molecule has 3 aromatic carbocycles. The standard InChI is InChI=1S/C22H19ClN4O5S/c1-16(17-7-11-20(12-8-17)27(29)30)24-25-22(28)15-26(19-13-9-18(23)10-14-19)33(31,32)21-5-3-2-4-6-21/h2-14H,15H2,1H3,(H,25,28)/b24-16-. The molecule has 0 atom stereocenters. The van der Waals surface area contributed by atoms with Crippen LogP contribution in [0.15, 0.2) is 88.9 Å². The van der Waals surface area contributed by atoms with E-state index in [2.05, 4.69) is 10.5 Å². The molecule has 0 unspecified atom stereocenters. The fraction of sp³-hybridized carbons (Fsp3) is 0.0909. The molecule has 9 nitrogen and oxygen atoms in total. The summed E-state index contributed by atoms with van der Waals surface area (Å²) in [4.78, 5) is 22.9. The third-order valence-electron chi connectivity index (χ3n) is 4.58. The number of amides is 1. The van der Waals surface area contributed by atoms with Crippen molar-refractivity contribution in [3.8, 4) is 0 Å². The zero-order valence-corrected chi connectivity index (χ0v) is 19.0. The number of nitro groups is 1. The molecule has 0 aromatic heterocycles. The molecule has 1 N–H and O–H groups in total. The number of hydrogen-bond acceptors (Lipinski definition) is 6. The van der Waals surface area contributed by atoms with Gasteiger partial charge in [0, 0.05) is 17.2 Å². The number of benzene rings is 3. The van der Waals surface area contributed by atoms with Crippen LogP contribution in [0.3, 0.4) is 0 Å². The zero-order chi connectivity index (χ0) is 24.0. The van der Waals surface area contributed by atoms with Gasteiger partial charge < -0.3 is 0 Å². The smallest absolute Gasteiger partial charge is 0.269 e. The molecular formula is C22H19ClN4O5S. The lowest BCUT2D eigenvalue weighted by atomic mass is 10.1. The van der Waals surface area contributed by atoms with Crippen molar-refractivity contribution in [3.05, 3.63) is 99.6 Å². The Balaban J connectivity index is 1.82. The van der Waals surface area contributed by atoms with E-state index in [4.69, 9.17) is 11.6 Å². The van der Waals surface area contributed by atoms with Crippen molar-refractivity contribution in [2.24, 2.45) is 5.10 Å². The molecule has 0 radical (unpaired) electrons. The van der Waals surface area contributed by atoms with Gasteiger partial charge in [0.05, 0.1) is 21.2 Å². The van der Waals surface area contributed by atoms with Crippen molar-refractivity contribution in [3.63, 3.8) is 0 Å². The maximum Gasteiger partial charge on any atom is 0.269 e. The molecule has 1 amide bonds. The number of hydrogen-bond donors (Lipinski definition) is 1. The summed E-state index contributed by atoms with van der Waals surface area (Å²) in [7, 11) is -4.05. The van der Waals surface area contributed by atoms with Gasteiger partial charge in [-0.05, 0) is 61.0 Å². The van der Waals surface area contributed by atoms with E-state index in [1.54, 1.807) is 25.1 Å². The normalized spacial score (nSPS) is 11.6. The van der Waals surface area contributed by atoms with Gasteiger partial charge >= 0.3 is 0 Å². The predicted molar refractivity (Wildman–Crippen MR) is 126 cm³/mol. The first-order chi connectivity index (χ1) is 15.7. The van der Waals surface area contributed by atoms with Crippen LogP contribution in [0.2, 0.25) is 5.02 Å². The maximum atomic E-state index is 13.2. The Labute approximate surface area is 195 Å². The van der Waals surface area contributed by atoms with E-state index in [0.29, 0.717) is 16.3 Å². The van der Waals surface area contributed by atoms with Crippen molar-refractivity contribution in [2.45, 2.75) is 11.8 Å². The van der Waals surface area contributed by atoms with E-state index in [-0.39, 0.29) is 16.3 Å². The molecule has 0 spiro atoms. The van der Waals surface area contributed by atoms with Gasteiger partial charge in [-0.2, -0.15) is 5.10 Å². The van der Waals surface area contributed by atoms with Crippen LogP contribution in [0.1, 0.15) is 12.5 Å². The molecule has 0 heterocycles. The topological polar surface area (TPSA) is 122 Å². The minimum Gasteiger partial charge on any atom is -0.271 e. The van der Waals surface area contributed by atoms with Crippen molar-refractivity contribution in [1.82, 2.24) is 5.43 Å². The molecule has 0 saturated carbocycles. The lowest BCUT2D eigenvalue weighted by molar-refractivity contribution is -0.384. The summed E-state index contributed by atoms with van der Waals surface area (Å²) >= 11 is 5.92. The molecule has 0 saturated heterocycles. The van der Waals surface area contributed by atoms with Crippen LogP contribution in [0.25, 0.3) is 0 Å². The van der Waals surface area contributed by atoms with Crippen molar-refractivity contribution >= 4 is 44.6 Å². The van der Waals surface area contributed by atoms with E-state index in [0.717, 1.165) is 4.31 Å². The summed E-state index contributed by atoms with van der Waals surface area (Å²) < 4.78 is 27.4. The van der Waals surface area contributed by atoms with Crippen LogP contribution >= 0.6 is 11.6 Å². The van der Waals surface area contributed by atoms with Gasteiger partial charge in [-0.3, -0.25) is 19.2 Å². The van der Waals surface area contributed by atoms with Crippen LogP contribution in [0.4, 0.5) is 11.4 Å². The molecule has 0 bridgehead atoms. The summed E-state index contributed by atoms with van der Waals surface area (Å²) in [6, 6.07) is 19.5. The highest BCUT2D eigenvalue weighted by Crippen LogP contribution is 2.25. The molecular weight excluding hydrogens is 468 g/mol. The molecule has 0 aliphatic rings. The fourth-order valence-corrected chi connectivity index (χ4v) is 4.41. The van der Waals surface area contributed by atoms with Crippen molar-refractivity contribution in [2.75, 3.05) is 10.8 Å². The number of nitrogens with one attached hydrogen (secondary N) is 1. The second-order valence-electron chi connectivity index (χ2n) is 6.84. The van der Waals surface area contributed by atoms with E-state index < -0.39 is 27.4 Å². The number of non-ortho nitro benzene ring substituents is 1. The van der Waals surface area contributed by atoms with Gasteiger partial charge in [0.15, 0.2) is 0 Å². The number of nitro benzene ring substituents is 1. The summed E-state index contributed by atoms with van der Waals surface area (Å²) in [5.74, 6) is -0.675. The second-order valence-corrected chi connectivity index (χ2v) is 9.14. The minimum atomic E-state index is -4.05. The highest BCUT2D eigenvalue weighted by molar-refractivity contribution is 7.92. The first-order valence-electron chi connectivity index (χ1n) is 9.60. The van der Waals surface area contributed by atoms with Crippen molar-refractivity contribution < 1.29 is 18.1 Å². The highest BCUT2D eigenvalue weighted by atomic mass is 35.5. The van der Waals surface area contributed by atoms with Gasteiger partial charge in [-0.1, -0.05) is 29.8 Å². The van der Waals surface area contributed by atoms with Crippen LogP contribution in [-0.4, -0.2) is 31.5 Å². The Hall–Kier alpha value is -3.76. The summed E-state index contributed by atoms with van der Waals surface area (Å²) in [5.41, 5.74) is 3.48. The average molecular weight is 487 g/mol.